The number of nitrogens with one attached hydrogen (secondary N) is 1. The van der Waals surface area contributed by atoms with Crippen LogP contribution >= 0.6 is 0 Å². The Balaban J connectivity index is 2.49. The fourth-order valence-electron chi connectivity index (χ4n) is 2.36. The number of hydrogen-bond donors (Lipinski definition) is 1. The van der Waals surface area contributed by atoms with E-state index in [0.717, 1.165) is 6.42 Å². The van der Waals surface area contributed by atoms with Crippen molar-refractivity contribution in [2.24, 2.45) is 0 Å². The molecule has 1 unspecified atom stereocenters. The molecule has 1 aromatic heterocycles. The summed E-state index contributed by atoms with van der Waals surface area (Å²) < 4.78 is 44.7. The number of nitrogens with zero attached hydrogens (tertiary/aromatic N) is 2. The largest absolute Gasteiger partial charge is 0.433 e. The molecule has 0 radical (unpaired) electrons. The van der Waals surface area contributed by atoms with Gasteiger partial charge in [0, 0.05) is 32.2 Å². The molecule has 20 heavy (non-hydrogen) atoms. The van der Waals surface area contributed by atoms with Gasteiger partial charge < -0.3 is 10.1 Å². The van der Waals surface area contributed by atoms with E-state index in [1.54, 1.807) is 0 Å². The standard InChI is InChI=1S/C13H18F3N3O/c1-3-4-10(20-2)12-18-9-5-6-17-7-8(9)11(19-12)13(14,15)16/h10,17H,3-7H2,1-2H3. The Labute approximate surface area is 115 Å². The second-order valence-corrected chi connectivity index (χ2v) is 4.79. The lowest BCUT2D eigenvalue weighted by Gasteiger charge is -2.23. The molecule has 0 aromatic carbocycles. The fraction of sp³-hybridized carbons (Fsp3) is 0.692. The van der Waals surface area contributed by atoms with E-state index in [2.05, 4.69) is 15.3 Å². The van der Waals surface area contributed by atoms with Crippen molar-refractivity contribution < 1.29 is 17.9 Å². The Morgan fingerprint density at radius 1 is 1.35 bits per heavy atom. The second kappa shape index (κ2) is 6.05. The Morgan fingerprint density at radius 2 is 2.10 bits per heavy atom. The highest BCUT2D eigenvalue weighted by atomic mass is 19.4. The predicted octanol–water partition coefficient (Wildman–Crippen LogP) is 2.63. The predicted molar refractivity (Wildman–Crippen MR) is 67.1 cm³/mol. The first-order valence-electron chi connectivity index (χ1n) is 6.67. The van der Waals surface area contributed by atoms with Gasteiger partial charge in [-0.05, 0) is 6.42 Å². The third-order valence-electron chi connectivity index (χ3n) is 3.34. The molecule has 2 rings (SSSR count). The second-order valence-electron chi connectivity index (χ2n) is 4.79. The van der Waals surface area contributed by atoms with Crippen LogP contribution in [0.4, 0.5) is 13.2 Å². The van der Waals surface area contributed by atoms with E-state index in [9.17, 15) is 13.2 Å². The molecule has 0 saturated carbocycles. The molecule has 2 heterocycles. The van der Waals surface area contributed by atoms with Gasteiger partial charge >= 0.3 is 6.18 Å². The lowest BCUT2D eigenvalue weighted by Crippen LogP contribution is -2.30. The third kappa shape index (κ3) is 3.09. The summed E-state index contributed by atoms with van der Waals surface area (Å²) >= 11 is 0. The number of hydrogen-bond acceptors (Lipinski definition) is 4. The summed E-state index contributed by atoms with van der Waals surface area (Å²) in [6, 6.07) is 0. The monoisotopic (exact) mass is 289 g/mol. The van der Waals surface area contributed by atoms with Gasteiger partial charge in [-0.1, -0.05) is 13.3 Å². The number of halogens is 3. The van der Waals surface area contributed by atoms with Crippen molar-refractivity contribution in [3.8, 4) is 0 Å². The molecule has 0 amide bonds. The summed E-state index contributed by atoms with van der Waals surface area (Å²) in [6.07, 6.45) is -3.07. The highest BCUT2D eigenvalue weighted by molar-refractivity contribution is 5.30. The van der Waals surface area contributed by atoms with E-state index in [1.807, 2.05) is 6.92 Å². The van der Waals surface area contributed by atoms with E-state index in [4.69, 9.17) is 4.74 Å². The zero-order chi connectivity index (χ0) is 14.8. The Kier molecular flexibility index (Phi) is 4.59. The van der Waals surface area contributed by atoms with Crippen molar-refractivity contribution in [1.29, 1.82) is 0 Å². The van der Waals surface area contributed by atoms with Gasteiger partial charge in [-0.15, -0.1) is 0 Å². The van der Waals surface area contributed by atoms with Gasteiger partial charge in [0.25, 0.3) is 0 Å². The maximum absolute atomic E-state index is 13.2. The zero-order valence-corrected chi connectivity index (χ0v) is 11.5. The van der Waals surface area contributed by atoms with Crippen LogP contribution in [0.2, 0.25) is 0 Å². The summed E-state index contributed by atoms with van der Waals surface area (Å²) in [5.74, 6) is 0.141. The number of rotatable bonds is 4. The molecule has 1 N–H and O–H groups in total. The van der Waals surface area contributed by atoms with Crippen molar-refractivity contribution in [3.63, 3.8) is 0 Å². The summed E-state index contributed by atoms with van der Waals surface area (Å²) in [5.41, 5.74) is -0.180. The lowest BCUT2D eigenvalue weighted by atomic mass is 10.0. The smallest absolute Gasteiger partial charge is 0.373 e. The van der Waals surface area contributed by atoms with Crippen LogP contribution in [-0.2, 0) is 23.9 Å². The van der Waals surface area contributed by atoms with Gasteiger partial charge in [0.1, 0.15) is 6.10 Å². The van der Waals surface area contributed by atoms with Crippen LogP contribution in [0, 0.1) is 0 Å². The highest BCUT2D eigenvalue weighted by Crippen LogP contribution is 2.34. The van der Waals surface area contributed by atoms with Gasteiger partial charge in [0.05, 0.1) is 5.69 Å². The summed E-state index contributed by atoms with van der Waals surface area (Å²) in [5, 5.41) is 2.93. The summed E-state index contributed by atoms with van der Waals surface area (Å²) in [4.78, 5) is 8.05. The molecular weight excluding hydrogens is 271 g/mol. The minimum atomic E-state index is -4.47. The first-order valence-corrected chi connectivity index (χ1v) is 6.67. The topological polar surface area (TPSA) is 47.0 Å². The normalized spacial score (nSPS) is 16.9. The molecule has 1 aliphatic rings. The Morgan fingerprint density at radius 3 is 2.70 bits per heavy atom. The highest BCUT2D eigenvalue weighted by Gasteiger charge is 2.38. The number of methoxy groups -OCH3 is 1. The summed E-state index contributed by atoms with van der Waals surface area (Å²) in [7, 11) is 1.47. The van der Waals surface area contributed by atoms with E-state index in [1.165, 1.54) is 7.11 Å². The molecule has 1 aliphatic heterocycles. The molecule has 0 bridgehead atoms. The van der Waals surface area contributed by atoms with Gasteiger partial charge in [-0.2, -0.15) is 13.2 Å². The molecule has 112 valence electrons. The minimum absolute atomic E-state index is 0.141. The van der Waals surface area contributed by atoms with Crippen molar-refractivity contribution in [1.82, 2.24) is 15.3 Å². The van der Waals surface area contributed by atoms with Crippen molar-refractivity contribution in [2.75, 3.05) is 13.7 Å². The maximum atomic E-state index is 13.2. The molecule has 0 spiro atoms. The first kappa shape index (κ1) is 15.2. The zero-order valence-electron chi connectivity index (χ0n) is 11.5. The van der Waals surface area contributed by atoms with Gasteiger partial charge in [0.15, 0.2) is 11.5 Å². The number of alkyl halides is 3. The minimum Gasteiger partial charge on any atom is -0.373 e. The first-order chi connectivity index (χ1) is 9.47. The molecular formula is C13H18F3N3O. The fourth-order valence-corrected chi connectivity index (χ4v) is 2.36. The van der Waals surface area contributed by atoms with Crippen LogP contribution in [0.15, 0.2) is 0 Å². The SMILES string of the molecule is CCCC(OC)c1nc2c(c(C(F)(F)F)n1)CNCC2. The van der Waals surface area contributed by atoms with Crippen molar-refractivity contribution >= 4 is 0 Å². The molecule has 0 fully saturated rings. The molecule has 7 heteroatoms. The Bertz CT molecular complexity index is 477. The van der Waals surface area contributed by atoms with Gasteiger partial charge in [0.2, 0.25) is 0 Å². The van der Waals surface area contributed by atoms with Gasteiger partial charge in [-0.3, -0.25) is 0 Å². The van der Waals surface area contributed by atoms with Crippen LogP contribution in [0.5, 0.6) is 0 Å². The van der Waals surface area contributed by atoms with Crippen LogP contribution in [-0.4, -0.2) is 23.6 Å². The van der Waals surface area contributed by atoms with Crippen LogP contribution in [0.3, 0.4) is 0 Å². The molecule has 0 aliphatic carbocycles. The van der Waals surface area contributed by atoms with Crippen molar-refractivity contribution in [3.05, 3.63) is 22.8 Å². The van der Waals surface area contributed by atoms with E-state index < -0.39 is 18.0 Å². The van der Waals surface area contributed by atoms with E-state index in [0.29, 0.717) is 25.1 Å². The summed E-state index contributed by atoms with van der Waals surface area (Å²) in [6.45, 7) is 2.74. The molecule has 1 aromatic rings. The number of ether oxygens (including phenoxy) is 1. The molecule has 4 nitrogen and oxygen atoms in total. The Hall–Kier alpha value is -1.21. The van der Waals surface area contributed by atoms with Crippen LogP contribution in [0.1, 0.15) is 48.6 Å². The van der Waals surface area contributed by atoms with Gasteiger partial charge in [-0.25, -0.2) is 9.97 Å². The van der Waals surface area contributed by atoms with E-state index >= 15 is 0 Å². The van der Waals surface area contributed by atoms with Crippen LogP contribution < -0.4 is 5.32 Å². The average molecular weight is 289 g/mol. The third-order valence-corrected chi connectivity index (χ3v) is 3.34. The maximum Gasteiger partial charge on any atom is 0.433 e. The molecule has 1 atom stereocenters. The lowest BCUT2D eigenvalue weighted by molar-refractivity contribution is -0.142. The number of fused-ring (bicyclic) bond motifs is 1. The van der Waals surface area contributed by atoms with Crippen LogP contribution in [0.25, 0.3) is 0 Å². The average Bonchev–Trinajstić information content (AvgIpc) is 2.42. The quantitative estimate of drug-likeness (QED) is 0.925. The van der Waals surface area contributed by atoms with E-state index in [-0.39, 0.29) is 17.9 Å². The molecule has 0 saturated heterocycles. The number of aromatic nitrogens is 2. The van der Waals surface area contributed by atoms with Crippen molar-refractivity contribution in [2.45, 2.75) is 45.0 Å².